The molecular formula is C18H18N2O3. The van der Waals surface area contributed by atoms with Gasteiger partial charge in [0.2, 0.25) is 0 Å². The van der Waals surface area contributed by atoms with E-state index in [1.54, 1.807) is 32.4 Å². The molecule has 118 valence electrons. The summed E-state index contributed by atoms with van der Waals surface area (Å²) in [7, 11) is 3.13. The molecule has 0 aromatic heterocycles. The Morgan fingerprint density at radius 1 is 1.09 bits per heavy atom. The fourth-order valence-electron chi connectivity index (χ4n) is 2.51. The van der Waals surface area contributed by atoms with Crippen molar-refractivity contribution in [3.05, 3.63) is 59.7 Å². The molecule has 23 heavy (non-hydrogen) atoms. The van der Waals surface area contributed by atoms with Gasteiger partial charge in [-0.2, -0.15) is 0 Å². The van der Waals surface area contributed by atoms with Crippen LogP contribution in [0, 0.1) is 0 Å². The lowest BCUT2D eigenvalue weighted by Gasteiger charge is -2.13. The number of carbonyl (C=O) groups excluding carboxylic acids is 1. The Bertz CT molecular complexity index is 719. The Labute approximate surface area is 135 Å². The van der Waals surface area contributed by atoms with Crippen molar-refractivity contribution in [3.63, 3.8) is 0 Å². The third kappa shape index (κ3) is 3.18. The summed E-state index contributed by atoms with van der Waals surface area (Å²) in [5.41, 5.74) is 1.52. The number of hydrogen-bond donors (Lipinski definition) is 1. The number of benzene rings is 2. The maximum atomic E-state index is 12.7. The number of nitrogens with zero attached hydrogens (tertiary/aromatic N) is 1. The molecule has 2 aromatic carbocycles. The van der Waals surface area contributed by atoms with E-state index < -0.39 is 0 Å². The first-order chi connectivity index (χ1) is 11.2. The maximum absolute atomic E-state index is 12.7. The third-order valence-corrected chi connectivity index (χ3v) is 3.74. The number of aliphatic imine (C=N–C) groups is 1. The number of amidine groups is 1. The van der Waals surface area contributed by atoms with Crippen molar-refractivity contribution in [2.45, 2.75) is 6.04 Å². The van der Waals surface area contributed by atoms with E-state index in [0.29, 0.717) is 23.6 Å². The fourth-order valence-corrected chi connectivity index (χ4v) is 2.51. The lowest BCUT2D eigenvalue weighted by Crippen LogP contribution is -2.37. The molecule has 1 N–H and O–H groups in total. The molecule has 0 saturated carbocycles. The molecule has 1 aliphatic rings. The Kier molecular flexibility index (Phi) is 4.28. The first-order valence-corrected chi connectivity index (χ1v) is 7.35. The molecule has 5 heteroatoms. The maximum Gasteiger partial charge on any atom is 0.187 e. The monoisotopic (exact) mass is 310 g/mol. The Morgan fingerprint density at radius 3 is 2.35 bits per heavy atom. The standard InChI is InChI=1S/C18H18N2O3/c1-22-14-8-13(9-15(10-14)23-2)17(21)16-11-19-18(20-16)12-6-4-3-5-7-12/h3-10,16H,11H2,1-2H3,(H,19,20). The van der Waals surface area contributed by atoms with Crippen molar-refractivity contribution in [1.82, 2.24) is 5.32 Å². The molecule has 0 bridgehead atoms. The number of hydrogen-bond acceptors (Lipinski definition) is 5. The van der Waals surface area contributed by atoms with Gasteiger partial charge in [-0.05, 0) is 12.1 Å². The van der Waals surface area contributed by atoms with Gasteiger partial charge < -0.3 is 14.8 Å². The zero-order valence-electron chi connectivity index (χ0n) is 13.1. The molecule has 1 heterocycles. The van der Waals surface area contributed by atoms with Crippen molar-refractivity contribution < 1.29 is 14.3 Å². The van der Waals surface area contributed by atoms with Crippen LogP contribution in [0.2, 0.25) is 0 Å². The molecule has 3 rings (SSSR count). The molecule has 0 amide bonds. The van der Waals surface area contributed by atoms with Gasteiger partial charge in [0, 0.05) is 17.2 Å². The van der Waals surface area contributed by atoms with E-state index in [1.807, 2.05) is 30.3 Å². The Morgan fingerprint density at radius 2 is 1.74 bits per heavy atom. The van der Waals surface area contributed by atoms with Gasteiger partial charge in [-0.15, -0.1) is 0 Å². The smallest absolute Gasteiger partial charge is 0.187 e. The van der Waals surface area contributed by atoms with Gasteiger partial charge >= 0.3 is 0 Å². The van der Waals surface area contributed by atoms with Crippen LogP contribution >= 0.6 is 0 Å². The minimum Gasteiger partial charge on any atom is -0.497 e. The van der Waals surface area contributed by atoms with E-state index in [-0.39, 0.29) is 11.8 Å². The molecule has 0 aliphatic carbocycles. The highest BCUT2D eigenvalue weighted by Gasteiger charge is 2.26. The third-order valence-electron chi connectivity index (χ3n) is 3.74. The number of nitrogens with one attached hydrogen (secondary N) is 1. The first-order valence-electron chi connectivity index (χ1n) is 7.35. The molecule has 1 unspecified atom stereocenters. The molecule has 1 aliphatic heterocycles. The zero-order chi connectivity index (χ0) is 16.2. The van der Waals surface area contributed by atoms with Crippen LogP contribution in [0.5, 0.6) is 11.5 Å². The van der Waals surface area contributed by atoms with Gasteiger partial charge in [-0.3, -0.25) is 9.79 Å². The van der Waals surface area contributed by atoms with Gasteiger partial charge in [0.15, 0.2) is 5.78 Å². The van der Waals surface area contributed by atoms with Gasteiger partial charge in [0.05, 0.1) is 20.8 Å². The SMILES string of the molecule is COc1cc(OC)cc(C(=O)C2CN=C(c3ccccc3)N2)c1. The Balaban J connectivity index is 1.78. The quantitative estimate of drug-likeness (QED) is 0.861. The summed E-state index contributed by atoms with van der Waals surface area (Å²) in [5, 5.41) is 3.20. The average molecular weight is 310 g/mol. The second-order valence-corrected chi connectivity index (χ2v) is 5.22. The number of ether oxygens (including phenoxy) is 2. The van der Waals surface area contributed by atoms with E-state index >= 15 is 0 Å². The highest BCUT2D eigenvalue weighted by Crippen LogP contribution is 2.24. The minimum atomic E-state index is -0.373. The predicted octanol–water partition coefficient (Wildman–Crippen LogP) is 2.31. The lowest BCUT2D eigenvalue weighted by atomic mass is 10.0. The van der Waals surface area contributed by atoms with Crippen LogP contribution in [0.4, 0.5) is 0 Å². The highest BCUT2D eigenvalue weighted by molar-refractivity contribution is 6.08. The lowest BCUT2D eigenvalue weighted by molar-refractivity contribution is 0.0959. The molecular weight excluding hydrogens is 292 g/mol. The van der Waals surface area contributed by atoms with E-state index in [2.05, 4.69) is 10.3 Å². The summed E-state index contributed by atoms with van der Waals surface area (Å²) in [6, 6.07) is 14.6. The topological polar surface area (TPSA) is 59.9 Å². The van der Waals surface area contributed by atoms with E-state index in [9.17, 15) is 4.79 Å². The van der Waals surface area contributed by atoms with E-state index in [4.69, 9.17) is 9.47 Å². The van der Waals surface area contributed by atoms with Gasteiger partial charge in [0.1, 0.15) is 23.4 Å². The average Bonchev–Trinajstić information content (AvgIpc) is 3.11. The van der Waals surface area contributed by atoms with Crippen LogP contribution in [-0.2, 0) is 0 Å². The summed E-state index contributed by atoms with van der Waals surface area (Å²) in [6.07, 6.45) is 0. The van der Waals surface area contributed by atoms with Crippen LogP contribution in [0.1, 0.15) is 15.9 Å². The molecule has 5 nitrogen and oxygen atoms in total. The second-order valence-electron chi connectivity index (χ2n) is 5.22. The summed E-state index contributed by atoms with van der Waals surface area (Å²) >= 11 is 0. The van der Waals surface area contributed by atoms with Crippen molar-refractivity contribution in [3.8, 4) is 11.5 Å². The van der Waals surface area contributed by atoms with Crippen molar-refractivity contribution in [2.24, 2.45) is 4.99 Å². The number of Topliss-reactive ketones (excluding diaryl/α,β-unsaturated/α-hetero) is 1. The van der Waals surface area contributed by atoms with Crippen LogP contribution in [0.15, 0.2) is 53.5 Å². The normalized spacial score (nSPS) is 16.4. The van der Waals surface area contributed by atoms with Gasteiger partial charge in [-0.25, -0.2) is 0 Å². The minimum absolute atomic E-state index is 0.0307. The molecule has 0 fully saturated rings. The molecule has 0 spiro atoms. The van der Waals surface area contributed by atoms with Crippen LogP contribution in [0.3, 0.4) is 0 Å². The summed E-state index contributed by atoms with van der Waals surface area (Å²) in [4.78, 5) is 17.2. The molecule has 0 saturated heterocycles. The number of methoxy groups -OCH3 is 2. The second kappa shape index (κ2) is 6.52. The van der Waals surface area contributed by atoms with Crippen LogP contribution in [0.25, 0.3) is 0 Å². The van der Waals surface area contributed by atoms with Crippen molar-refractivity contribution in [2.75, 3.05) is 20.8 Å². The van der Waals surface area contributed by atoms with Crippen molar-refractivity contribution in [1.29, 1.82) is 0 Å². The van der Waals surface area contributed by atoms with Crippen LogP contribution in [-0.4, -0.2) is 38.4 Å². The number of ketones is 1. The van der Waals surface area contributed by atoms with Crippen LogP contribution < -0.4 is 14.8 Å². The predicted molar refractivity (Wildman–Crippen MR) is 88.6 cm³/mol. The summed E-state index contributed by atoms with van der Waals surface area (Å²) in [6.45, 7) is 0.419. The largest absolute Gasteiger partial charge is 0.497 e. The summed E-state index contributed by atoms with van der Waals surface area (Å²) < 4.78 is 10.4. The van der Waals surface area contributed by atoms with E-state index in [0.717, 1.165) is 11.4 Å². The molecule has 1 atom stereocenters. The van der Waals surface area contributed by atoms with Gasteiger partial charge in [0.25, 0.3) is 0 Å². The van der Waals surface area contributed by atoms with E-state index in [1.165, 1.54) is 0 Å². The molecule has 2 aromatic rings. The number of carbonyl (C=O) groups is 1. The first kappa shape index (κ1) is 15.1. The molecule has 0 radical (unpaired) electrons. The highest BCUT2D eigenvalue weighted by atomic mass is 16.5. The summed E-state index contributed by atoms with van der Waals surface area (Å²) in [5.74, 6) is 1.90. The van der Waals surface area contributed by atoms with Gasteiger partial charge in [-0.1, -0.05) is 30.3 Å². The van der Waals surface area contributed by atoms with Crippen molar-refractivity contribution >= 4 is 11.6 Å². The zero-order valence-corrected chi connectivity index (χ0v) is 13.1. The fraction of sp³-hybridized carbons (Fsp3) is 0.222. The Hall–Kier alpha value is -2.82. The number of rotatable bonds is 5.